The Kier molecular flexibility index (Phi) is 5.49. The number of para-hydroxylation sites is 1. The van der Waals surface area contributed by atoms with Crippen LogP contribution in [-0.2, 0) is 27.8 Å². The monoisotopic (exact) mass is 480 g/mol. The maximum Gasteiger partial charge on any atom is 0.297 e. The quantitative estimate of drug-likeness (QED) is 0.420. The highest BCUT2D eigenvalue weighted by Gasteiger charge is 2.29. The van der Waals surface area contributed by atoms with E-state index in [1.165, 1.54) is 21.3 Å². The van der Waals surface area contributed by atoms with Crippen molar-refractivity contribution in [3.63, 3.8) is 0 Å². The highest BCUT2D eigenvalue weighted by atomic mass is 32.2. The van der Waals surface area contributed by atoms with Crippen molar-refractivity contribution in [2.45, 2.75) is 31.7 Å². The molecule has 0 saturated heterocycles. The molecule has 0 N–H and O–H groups in total. The van der Waals surface area contributed by atoms with Gasteiger partial charge in [0.2, 0.25) is 21.5 Å². The molecule has 9 nitrogen and oxygen atoms in total. The minimum Gasteiger partial charge on any atom is -0.448 e. The molecule has 2 aromatic heterocycles. The van der Waals surface area contributed by atoms with E-state index in [-0.39, 0.29) is 22.9 Å². The topological polar surface area (TPSA) is 106 Å². The Labute approximate surface area is 196 Å². The van der Waals surface area contributed by atoms with Crippen LogP contribution in [0.15, 0.2) is 62.9 Å². The first-order valence-electron chi connectivity index (χ1n) is 11.1. The van der Waals surface area contributed by atoms with Gasteiger partial charge >= 0.3 is 0 Å². The number of amides is 1. The minimum atomic E-state index is -3.58. The van der Waals surface area contributed by atoms with Crippen LogP contribution in [0.2, 0.25) is 0 Å². The molecule has 34 heavy (non-hydrogen) atoms. The molecule has 0 aliphatic carbocycles. The van der Waals surface area contributed by atoms with E-state index in [4.69, 9.17) is 4.42 Å². The lowest BCUT2D eigenvalue weighted by Gasteiger charge is -2.20. The SMILES string of the molecule is CCN(CC)S(=O)(=O)c1ccc2c(c1)CCN2C(=O)Cn1cnc2c(oc3ccccc32)c1=O. The van der Waals surface area contributed by atoms with Crippen LogP contribution in [0, 0.1) is 0 Å². The van der Waals surface area contributed by atoms with Crippen molar-refractivity contribution < 1.29 is 17.6 Å². The van der Waals surface area contributed by atoms with Crippen LogP contribution in [0.25, 0.3) is 22.1 Å². The van der Waals surface area contributed by atoms with Crippen molar-refractivity contribution in [2.24, 2.45) is 0 Å². The molecular weight excluding hydrogens is 456 g/mol. The maximum atomic E-state index is 13.1. The third-order valence-electron chi connectivity index (χ3n) is 6.25. The summed E-state index contributed by atoms with van der Waals surface area (Å²) in [5, 5.41) is 0.747. The van der Waals surface area contributed by atoms with Gasteiger partial charge in [0.1, 0.15) is 17.6 Å². The van der Waals surface area contributed by atoms with Gasteiger partial charge in [-0.25, -0.2) is 13.4 Å². The van der Waals surface area contributed by atoms with Gasteiger partial charge in [-0.1, -0.05) is 26.0 Å². The summed E-state index contributed by atoms with van der Waals surface area (Å²) in [5.74, 6) is -0.280. The van der Waals surface area contributed by atoms with Gasteiger partial charge in [-0.05, 0) is 42.3 Å². The number of anilines is 1. The summed E-state index contributed by atoms with van der Waals surface area (Å²) in [5.41, 5.74) is 2.18. The molecule has 176 valence electrons. The molecule has 2 aromatic carbocycles. The fraction of sp³-hybridized carbons (Fsp3) is 0.292. The first-order valence-corrected chi connectivity index (χ1v) is 12.6. The summed E-state index contributed by atoms with van der Waals surface area (Å²) < 4.78 is 34.0. The zero-order chi connectivity index (χ0) is 24.0. The smallest absolute Gasteiger partial charge is 0.297 e. The van der Waals surface area contributed by atoms with Gasteiger partial charge in [0.15, 0.2) is 0 Å². The predicted octanol–water partition coefficient (Wildman–Crippen LogP) is 2.76. The third-order valence-corrected chi connectivity index (χ3v) is 8.29. The van der Waals surface area contributed by atoms with E-state index in [0.29, 0.717) is 42.8 Å². The first kappa shape index (κ1) is 22.3. The first-order chi connectivity index (χ1) is 16.3. The number of fused-ring (bicyclic) bond motifs is 4. The van der Waals surface area contributed by atoms with Crippen LogP contribution >= 0.6 is 0 Å². The second kappa shape index (κ2) is 8.37. The van der Waals surface area contributed by atoms with Crippen molar-refractivity contribution in [1.82, 2.24) is 13.9 Å². The van der Waals surface area contributed by atoms with Crippen LogP contribution in [0.1, 0.15) is 19.4 Å². The van der Waals surface area contributed by atoms with Gasteiger partial charge in [-0.2, -0.15) is 4.31 Å². The van der Waals surface area contributed by atoms with Gasteiger partial charge in [0, 0.05) is 30.7 Å². The summed E-state index contributed by atoms with van der Waals surface area (Å²) >= 11 is 0. The average molecular weight is 481 g/mol. The Morgan fingerprint density at radius 3 is 2.68 bits per heavy atom. The van der Waals surface area contributed by atoms with E-state index in [9.17, 15) is 18.0 Å². The number of carbonyl (C=O) groups excluding carboxylic acids is 1. The van der Waals surface area contributed by atoms with Crippen LogP contribution in [0.4, 0.5) is 5.69 Å². The molecule has 3 heterocycles. The van der Waals surface area contributed by atoms with E-state index < -0.39 is 15.6 Å². The second-order valence-corrected chi connectivity index (χ2v) is 10.1. The van der Waals surface area contributed by atoms with E-state index in [1.807, 2.05) is 18.2 Å². The lowest BCUT2D eigenvalue weighted by molar-refractivity contribution is -0.119. The van der Waals surface area contributed by atoms with Gasteiger partial charge in [-0.15, -0.1) is 0 Å². The van der Waals surface area contributed by atoms with Crippen molar-refractivity contribution in [1.29, 1.82) is 0 Å². The number of carbonyl (C=O) groups is 1. The van der Waals surface area contributed by atoms with Crippen LogP contribution in [0.3, 0.4) is 0 Å². The number of aromatic nitrogens is 2. The van der Waals surface area contributed by atoms with Gasteiger partial charge in [-0.3, -0.25) is 14.2 Å². The molecule has 5 rings (SSSR count). The number of rotatable bonds is 6. The molecule has 0 bridgehead atoms. The molecule has 1 aliphatic rings. The molecule has 0 radical (unpaired) electrons. The van der Waals surface area contributed by atoms with E-state index in [1.54, 1.807) is 36.9 Å². The zero-order valence-electron chi connectivity index (χ0n) is 18.9. The number of furan rings is 1. The Morgan fingerprint density at radius 1 is 1.15 bits per heavy atom. The van der Waals surface area contributed by atoms with Gasteiger partial charge < -0.3 is 9.32 Å². The van der Waals surface area contributed by atoms with Gasteiger partial charge in [0.25, 0.3) is 5.56 Å². The van der Waals surface area contributed by atoms with E-state index in [0.717, 1.165) is 10.9 Å². The highest BCUT2D eigenvalue weighted by molar-refractivity contribution is 7.89. The summed E-state index contributed by atoms with van der Waals surface area (Å²) in [6.07, 6.45) is 1.90. The minimum absolute atomic E-state index is 0.115. The second-order valence-electron chi connectivity index (χ2n) is 8.13. The van der Waals surface area contributed by atoms with Crippen molar-refractivity contribution in [2.75, 3.05) is 24.5 Å². The van der Waals surface area contributed by atoms with Crippen LogP contribution < -0.4 is 10.5 Å². The largest absolute Gasteiger partial charge is 0.448 e. The Morgan fingerprint density at radius 2 is 1.91 bits per heavy atom. The molecule has 0 spiro atoms. The summed E-state index contributed by atoms with van der Waals surface area (Å²) in [4.78, 5) is 32.2. The molecule has 1 aliphatic heterocycles. The number of hydrogen-bond acceptors (Lipinski definition) is 6. The van der Waals surface area contributed by atoms with Crippen LogP contribution in [0.5, 0.6) is 0 Å². The van der Waals surface area contributed by atoms with E-state index >= 15 is 0 Å². The predicted molar refractivity (Wildman–Crippen MR) is 128 cm³/mol. The lowest BCUT2D eigenvalue weighted by atomic mass is 10.2. The molecule has 10 heteroatoms. The summed E-state index contributed by atoms with van der Waals surface area (Å²) in [7, 11) is -3.58. The Balaban J connectivity index is 1.42. The molecular formula is C24H24N4O5S. The number of nitrogens with zero attached hydrogens (tertiary/aromatic N) is 4. The van der Waals surface area contributed by atoms with Crippen molar-refractivity contribution in [3.05, 3.63) is 64.7 Å². The van der Waals surface area contributed by atoms with Crippen LogP contribution in [-0.4, -0.2) is 47.8 Å². The molecule has 4 aromatic rings. The maximum absolute atomic E-state index is 13.1. The normalized spacial score (nSPS) is 13.8. The summed E-state index contributed by atoms with van der Waals surface area (Å²) in [6.45, 7) is 4.59. The summed E-state index contributed by atoms with van der Waals surface area (Å²) in [6, 6.07) is 12.1. The Hall–Kier alpha value is -3.50. The highest BCUT2D eigenvalue weighted by Crippen LogP contribution is 2.31. The molecule has 0 fully saturated rings. The zero-order valence-corrected chi connectivity index (χ0v) is 19.7. The average Bonchev–Trinajstić information content (AvgIpc) is 3.43. The number of sulfonamides is 1. The lowest BCUT2D eigenvalue weighted by Crippen LogP contribution is -2.35. The molecule has 0 atom stereocenters. The third kappa shape index (κ3) is 3.50. The number of hydrogen-bond donors (Lipinski definition) is 0. The fourth-order valence-electron chi connectivity index (χ4n) is 4.47. The standard InChI is InChI=1S/C24H24N4O5S/c1-3-27(4-2)34(31,32)17-9-10-19-16(13-17)11-12-28(19)21(29)14-26-15-25-22-18-7-5-6-8-20(18)33-23(22)24(26)30/h5-10,13,15H,3-4,11-12,14H2,1-2H3. The molecule has 0 unspecified atom stereocenters. The van der Waals surface area contributed by atoms with Gasteiger partial charge in [0.05, 0.1) is 11.2 Å². The van der Waals surface area contributed by atoms with E-state index in [2.05, 4.69) is 4.98 Å². The Bertz CT molecular complexity index is 1580. The van der Waals surface area contributed by atoms with Crippen molar-refractivity contribution >= 4 is 43.7 Å². The van der Waals surface area contributed by atoms with Crippen molar-refractivity contribution in [3.8, 4) is 0 Å². The molecule has 0 saturated carbocycles. The molecule has 1 amide bonds. The fourth-order valence-corrected chi connectivity index (χ4v) is 5.98. The number of benzene rings is 2.